The number of nitrogens with one attached hydrogen (secondary N) is 1. The second-order valence-electron chi connectivity index (χ2n) is 5.98. The zero-order valence-corrected chi connectivity index (χ0v) is 13.1. The van der Waals surface area contributed by atoms with Crippen LogP contribution >= 0.6 is 0 Å². The Morgan fingerprint density at radius 1 is 1.42 bits per heavy atom. The van der Waals surface area contributed by atoms with Gasteiger partial charge in [0.25, 0.3) is 0 Å². The Hall–Kier alpha value is -0.610. The van der Waals surface area contributed by atoms with Gasteiger partial charge in [0.2, 0.25) is 0 Å². The number of methoxy groups -OCH3 is 1. The fourth-order valence-corrected chi connectivity index (χ4v) is 3.11. The van der Waals surface area contributed by atoms with Crippen LogP contribution in [0.3, 0.4) is 0 Å². The lowest BCUT2D eigenvalue weighted by molar-refractivity contribution is -0.143. The molecule has 1 aliphatic rings. The second-order valence-corrected chi connectivity index (χ2v) is 5.98. The van der Waals surface area contributed by atoms with Gasteiger partial charge in [0.05, 0.1) is 7.11 Å². The third-order valence-corrected chi connectivity index (χ3v) is 4.36. The first-order chi connectivity index (χ1) is 8.99. The van der Waals surface area contributed by atoms with Crippen LogP contribution in [0.15, 0.2) is 0 Å². The van der Waals surface area contributed by atoms with Crippen molar-refractivity contribution in [2.45, 2.75) is 52.6 Å². The van der Waals surface area contributed by atoms with Gasteiger partial charge in [-0.2, -0.15) is 0 Å². The van der Waals surface area contributed by atoms with E-state index in [0.717, 1.165) is 37.9 Å². The molecule has 0 aromatic rings. The molecule has 4 heteroatoms. The first-order valence-corrected chi connectivity index (χ1v) is 7.54. The third-order valence-electron chi connectivity index (χ3n) is 4.36. The van der Waals surface area contributed by atoms with Crippen molar-refractivity contribution in [3.05, 3.63) is 0 Å². The Morgan fingerprint density at radius 2 is 2.11 bits per heavy atom. The van der Waals surface area contributed by atoms with Gasteiger partial charge in [0.15, 0.2) is 0 Å². The molecule has 1 saturated heterocycles. The molecule has 1 N–H and O–H groups in total. The Balaban J connectivity index is 2.50. The van der Waals surface area contributed by atoms with E-state index in [1.54, 1.807) is 0 Å². The van der Waals surface area contributed by atoms with Crippen molar-refractivity contribution < 1.29 is 9.53 Å². The number of carbonyl (C=O) groups is 1. The summed E-state index contributed by atoms with van der Waals surface area (Å²) in [6.07, 6.45) is 2.13. The van der Waals surface area contributed by atoms with Crippen LogP contribution in [0, 0.1) is 11.8 Å². The average Bonchev–Trinajstić information content (AvgIpc) is 2.38. The Bertz CT molecular complexity index is 283. The van der Waals surface area contributed by atoms with E-state index in [2.05, 4.69) is 31.0 Å². The zero-order chi connectivity index (χ0) is 14.4. The molecule has 19 heavy (non-hydrogen) atoms. The summed E-state index contributed by atoms with van der Waals surface area (Å²) in [5.41, 5.74) is 0. The van der Waals surface area contributed by atoms with Gasteiger partial charge in [0.1, 0.15) is 6.04 Å². The highest BCUT2D eigenvalue weighted by atomic mass is 16.5. The number of rotatable bonds is 6. The highest BCUT2D eigenvalue weighted by Gasteiger charge is 2.29. The van der Waals surface area contributed by atoms with Crippen molar-refractivity contribution in [1.82, 2.24) is 10.2 Å². The molecule has 0 aromatic carbocycles. The van der Waals surface area contributed by atoms with E-state index in [-0.39, 0.29) is 12.0 Å². The van der Waals surface area contributed by atoms with Crippen molar-refractivity contribution >= 4 is 5.97 Å². The van der Waals surface area contributed by atoms with Gasteiger partial charge in [0, 0.05) is 19.1 Å². The number of ether oxygens (including phenoxy) is 1. The topological polar surface area (TPSA) is 41.6 Å². The number of carbonyl (C=O) groups excluding carboxylic acids is 1. The molecule has 4 atom stereocenters. The van der Waals surface area contributed by atoms with Crippen molar-refractivity contribution in [2.24, 2.45) is 11.8 Å². The SMILES string of the molecule is CCNC(CCN1CC(C)CC(C)C1C)C(=O)OC. The summed E-state index contributed by atoms with van der Waals surface area (Å²) in [5, 5.41) is 3.21. The van der Waals surface area contributed by atoms with Crippen LogP contribution in [-0.2, 0) is 9.53 Å². The standard InChI is InChI=1S/C15H30N2O2/c1-6-16-14(15(18)19-5)7-8-17-10-11(2)9-12(3)13(17)4/h11-14,16H,6-10H2,1-5H3. The highest BCUT2D eigenvalue weighted by molar-refractivity contribution is 5.75. The monoisotopic (exact) mass is 270 g/mol. The van der Waals surface area contributed by atoms with Gasteiger partial charge >= 0.3 is 5.97 Å². The minimum absolute atomic E-state index is 0.146. The van der Waals surface area contributed by atoms with Gasteiger partial charge in [-0.05, 0) is 38.1 Å². The van der Waals surface area contributed by atoms with Gasteiger partial charge in [-0.15, -0.1) is 0 Å². The Kier molecular flexibility index (Phi) is 6.80. The molecule has 0 bridgehead atoms. The average molecular weight is 270 g/mol. The summed E-state index contributed by atoms with van der Waals surface area (Å²) in [7, 11) is 1.46. The van der Waals surface area contributed by atoms with Gasteiger partial charge in [-0.25, -0.2) is 0 Å². The third kappa shape index (κ3) is 4.77. The number of likely N-dealkylation sites (N-methyl/N-ethyl adjacent to an activating group) is 1. The lowest BCUT2D eigenvalue weighted by Crippen LogP contribution is -2.48. The summed E-state index contributed by atoms with van der Waals surface area (Å²) < 4.78 is 4.85. The molecule has 0 aliphatic carbocycles. The lowest BCUT2D eigenvalue weighted by atomic mass is 9.86. The van der Waals surface area contributed by atoms with E-state index in [4.69, 9.17) is 4.74 Å². The second kappa shape index (κ2) is 7.85. The Morgan fingerprint density at radius 3 is 2.68 bits per heavy atom. The molecule has 1 heterocycles. The molecular formula is C15H30N2O2. The molecule has 0 amide bonds. The lowest BCUT2D eigenvalue weighted by Gasteiger charge is -2.41. The van der Waals surface area contributed by atoms with E-state index in [1.807, 2.05) is 6.92 Å². The molecular weight excluding hydrogens is 240 g/mol. The summed E-state index contributed by atoms with van der Waals surface area (Å²) in [6, 6.07) is 0.436. The number of hydrogen-bond donors (Lipinski definition) is 1. The molecule has 4 nitrogen and oxygen atoms in total. The van der Waals surface area contributed by atoms with Crippen LogP contribution in [0.2, 0.25) is 0 Å². The number of hydrogen-bond acceptors (Lipinski definition) is 4. The summed E-state index contributed by atoms with van der Waals surface area (Å²) in [4.78, 5) is 14.2. The largest absolute Gasteiger partial charge is 0.468 e. The maximum Gasteiger partial charge on any atom is 0.322 e. The summed E-state index contributed by atoms with van der Waals surface area (Å²) in [6.45, 7) is 11.9. The van der Waals surface area contributed by atoms with Gasteiger partial charge in [-0.1, -0.05) is 20.8 Å². The smallest absolute Gasteiger partial charge is 0.322 e. The van der Waals surface area contributed by atoms with Crippen LogP contribution < -0.4 is 5.32 Å². The Labute approximate surface area is 117 Å². The molecule has 0 spiro atoms. The summed E-state index contributed by atoms with van der Waals surface area (Å²) >= 11 is 0. The first-order valence-electron chi connectivity index (χ1n) is 7.54. The van der Waals surface area contributed by atoms with Crippen molar-refractivity contribution in [1.29, 1.82) is 0 Å². The van der Waals surface area contributed by atoms with Gasteiger partial charge in [-0.3, -0.25) is 4.79 Å². The van der Waals surface area contributed by atoms with Gasteiger partial charge < -0.3 is 15.0 Å². The van der Waals surface area contributed by atoms with E-state index in [9.17, 15) is 4.79 Å². The van der Waals surface area contributed by atoms with Crippen LogP contribution in [-0.4, -0.2) is 49.7 Å². The fraction of sp³-hybridized carbons (Fsp3) is 0.933. The van der Waals surface area contributed by atoms with Crippen LogP contribution in [0.5, 0.6) is 0 Å². The van der Waals surface area contributed by atoms with Crippen molar-refractivity contribution in [3.8, 4) is 0 Å². The molecule has 0 radical (unpaired) electrons. The molecule has 112 valence electrons. The predicted octanol–water partition coefficient (Wildman–Crippen LogP) is 1.89. The van der Waals surface area contributed by atoms with Crippen molar-refractivity contribution in [2.75, 3.05) is 26.7 Å². The number of nitrogens with zero attached hydrogens (tertiary/aromatic N) is 1. The molecule has 1 fully saturated rings. The molecule has 0 aromatic heterocycles. The van der Waals surface area contributed by atoms with Crippen LogP contribution in [0.4, 0.5) is 0 Å². The van der Waals surface area contributed by atoms with E-state index < -0.39 is 0 Å². The first kappa shape index (κ1) is 16.4. The number of likely N-dealkylation sites (tertiary alicyclic amines) is 1. The van der Waals surface area contributed by atoms with E-state index in [0.29, 0.717) is 6.04 Å². The van der Waals surface area contributed by atoms with Crippen LogP contribution in [0.1, 0.15) is 40.5 Å². The maximum absolute atomic E-state index is 11.7. The van der Waals surface area contributed by atoms with Crippen LogP contribution in [0.25, 0.3) is 0 Å². The highest BCUT2D eigenvalue weighted by Crippen LogP contribution is 2.26. The maximum atomic E-state index is 11.7. The number of esters is 1. The van der Waals surface area contributed by atoms with E-state index >= 15 is 0 Å². The molecule has 0 saturated carbocycles. The number of piperidine rings is 1. The fourth-order valence-electron chi connectivity index (χ4n) is 3.11. The molecule has 1 aliphatic heterocycles. The quantitative estimate of drug-likeness (QED) is 0.749. The molecule has 4 unspecified atom stereocenters. The van der Waals surface area contributed by atoms with Crippen molar-refractivity contribution in [3.63, 3.8) is 0 Å². The molecule has 1 rings (SSSR count). The minimum Gasteiger partial charge on any atom is -0.468 e. The predicted molar refractivity (Wildman–Crippen MR) is 78.1 cm³/mol. The summed E-state index contributed by atoms with van der Waals surface area (Å²) in [5.74, 6) is 1.34. The minimum atomic E-state index is -0.172. The zero-order valence-electron chi connectivity index (χ0n) is 13.1. The normalized spacial score (nSPS) is 30.1. The van der Waals surface area contributed by atoms with E-state index in [1.165, 1.54) is 13.5 Å².